The van der Waals surface area contributed by atoms with E-state index in [0.717, 1.165) is 24.4 Å². The number of hydrogen-bond acceptors (Lipinski definition) is 7. The molecule has 0 radical (unpaired) electrons. The van der Waals surface area contributed by atoms with Crippen LogP contribution in [-0.2, 0) is 25.7 Å². The molecule has 1 aliphatic heterocycles. The Morgan fingerprint density at radius 2 is 1.48 bits per heavy atom. The molecule has 0 unspecified atom stereocenters. The highest BCUT2D eigenvalue weighted by molar-refractivity contribution is 6.17. The molecule has 0 aliphatic carbocycles. The van der Waals surface area contributed by atoms with Gasteiger partial charge < -0.3 is 20.5 Å². The Morgan fingerprint density at radius 3 is 2.16 bits per heavy atom. The second-order valence-corrected chi connectivity index (χ2v) is 13.6. The Bertz CT molecular complexity index is 2210. The molecule has 10 nitrogen and oxygen atoms in total. The molecular formula is C46H46N4O6. The highest BCUT2D eigenvalue weighted by Crippen LogP contribution is 2.34. The fourth-order valence-electron chi connectivity index (χ4n) is 6.64. The van der Waals surface area contributed by atoms with Crippen molar-refractivity contribution in [3.8, 4) is 0 Å². The number of nitrogens with one attached hydrogen (secondary N) is 2. The minimum absolute atomic E-state index is 0.0399. The zero-order valence-corrected chi connectivity index (χ0v) is 31.1. The fraction of sp³-hybridized carbons (Fsp3) is 0.239. The van der Waals surface area contributed by atoms with Crippen LogP contribution in [0.4, 0.5) is 10.5 Å². The van der Waals surface area contributed by atoms with Crippen molar-refractivity contribution in [2.24, 2.45) is 10.9 Å². The molecule has 6 rings (SSSR count). The molecule has 286 valence electrons. The van der Waals surface area contributed by atoms with Crippen LogP contribution in [0.25, 0.3) is 0 Å². The number of cyclic esters (lactones) is 1. The number of benzene rings is 5. The second kappa shape index (κ2) is 19.3. The molecule has 0 spiro atoms. The van der Waals surface area contributed by atoms with Gasteiger partial charge in [0, 0.05) is 37.8 Å². The summed E-state index contributed by atoms with van der Waals surface area (Å²) >= 11 is 0. The van der Waals surface area contributed by atoms with Crippen LogP contribution < -0.4 is 10.6 Å². The minimum atomic E-state index is -2.90. The first-order valence-corrected chi connectivity index (χ1v) is 18.6. The largest absolute Gasteiger partial charge is 0.480 e. The molecule has 0 saturated carbocycles. The number of carbonyl (C=O) groups excluding carboxylic acids is 3. The molecule has 3 N–H and O–H groups in total. The van der Waals surface area contributed by atoms with Gasteiger partial charge in [-0.15, -0.1) is 0 Å². The number of para-hydroxylation sites is 1. The van der Waals surface area contributed by atoms with E-state index < -0.39 is 42.3 Å². The summed E-state index contributed by atoms with van der Waals surface area (Å²) in [6.45, 7) is 3.30. The fourth-order valence-corrected chi connectivity index (χ4v) is 6.64. The third-order valence-electron chi connectivity index (χ3n) is 9.53. The lowest BCUT2D eigenvalue weighted by atomic mass is 9.87. The zero-order chi connectivity index (χ0) is 41.1. The molecule has 0 bridgehead atoms. The highest BCUT2D eigenvalue weighted by Gasteiger charge is 2.41. The summed E-state index contributed by atoms with van der Waals surface area (Å²) in [6, 6.07) is 38.5. The Morgan fingerprint density at radius 1 is 0.875 bits per heavy atom. The van der Waals surface area contributed by atoms with Gasteiger partial charge in [-0.3, -0.25) is 14.6 Å². The smallest absolute Gasteiger partial charge is 0.417 e. The summed E-state index contributed by atoms with van der Waals surface area (Å²) in [5.41, 5.74) is 3.12. The van der Waals surface area contributed by atoms with Gasteiger partial charge in [0.15, 0.2) is 6.02 Å². The molecule has 3 amide bonds. The van der Waals surface area contributed by atoms with Crippen molar-refractivity contribution in [1.82, 2.24) is 10.2 Å². The second-order valence-electron chi connectivity index (χ2n) is 13.6. The first kappa shape index (κ1) is 36.6. The highest BCUT2D eigenvalue weighted by atomic mass is 16.6. The first-order valence-electron chi connectivity index (χ1n) is 19.7. The summed E-state index contributed by atoms with van der Waals surface area (Å²) < 4.78 is 24.4. The van der Waals surface area contributed by atoms with E-state index in [1.54, 1.807) is 103 Å². The molecule has 5 aromatic carbocycles. The van der Waals surface area contributed by atoms with Crippen molar-refractivity contribution in [1.29, 1.82) is 0 Å². The number of carboxylic acid groups (broad SMARTS) is 1. The van der Waals surface area contributed by atoms with Gasteiger partial charge >= 0.3 is 12.1 Å². The Balaban J connectivity index is 1.33. The van der Waals surface area contributed by atoms with E-state index in [1.807, 2.05) is 25.1 Å². The van der Waals surface area contributed by atoms with Crippen LogP contribution in [0.1, 0.15) is 68.7 Å². The first-order chi connectivity index (χ1) is 28.1. The van der Waals surface area contributed by atoms with Crippen LogP contribution in [0.15, 0.2) is 151 Å². The van der Waals surface area contributed by atoms with Crippen LogP contribution in [0.5, 0.6) is 0 Å². The van der Waals surface area contributed by atoms with Gasteiger partial charge in [-0.1, -0.05) is 146 Å². The number of amides is 3. The molecule has 1 saturated heterocycles. The quantitative estimate of drug-likeness (QED) is 0.0647. The van der Waals surface area contributed by atoms with E-state index >= 15 is 0 Å². The lowest BCUT2D eigenvalue weighted by Gasteiger charge is -2.26. The van der Waals surface area contributed by atoms with Gasteiger partial charge in [0.1, 0.15) is 12.6 Å². The van der Waals surface area contributed by atoms with Crippen LogP contribution in [-0.4, -0.2) is 58.8 Å². The Kier molecular flexibility index (Phi) is 12.6. The molecule has 1 fully saturated rings. The molecule has 56 heavy (non-hydrogen) atoms. The van der Waals surface area contributed by atoms with Gasteiger partial charge in [-0.25, -0.2) is 14.5 Å². The van der Waals surface area contributed by atoms with Crippen molar-refractivity contribution in [2.75, 3.05) is 18.5 Å². The normalized spacial score (nSPS) is 17.4. The number of ether oxygens (including phenoxy) is 1. The maximum Gasteiger partial charge on any atom is 0.417 e. The third kappa shape index (κ3) is 10.2. The van der Waals surface area contributed by atoms with Gasteiger partial charge in [0.25, 0.3) is 0 Å². The number of carboxylic acids is 1. The van der Waals surface area contributed by atoms with Crippen molar-refractivity contribution in [3.63, 3.8) is 0 Å². The molecule has 5 atom stereocenters. The molecule has 5 aromatic rings. The van der Waals surface area contributed by atoms with Crippen molar-refractivity contribution in [3.05, 3.63) is 173 Å². The summed E-state index contributed by atoms with van der Waals surface area (Å²) in [4.78, 5) is 60.0. The average molecular weight is 753 g/mol. The lowest BCUT2D eigenvalue weighted by Crippen LogP contribution is -2.38. The standard InChI is InChI=1S/C46H46N4O6/c1-32(26-27-47-30-33-16-6-2-7-17-33)28-41(51)48-39-25-15-14-24-37(39)43(36-22-12-5-13-23-36)49-44(45(53)54)38(34-18-8-3-9-19-34)29-42(52)50-40(31-56-46(50)55)35-20-10-4-11-21-35/h2-25,32,38,40,44,47H,26-31H2,1H3,(H,48,51)(H,53,54)/t32-,38+,40+,44-/m0/s1/i29D,44D/t29-,32-,38+,40+,44-. The molecule has 10 heteroatoms. The number of hydrogen-bond donors (Lipinski definition) is 3. The van der Waals surface area contributed by atoms with Gasteiger partial charge in [0.05, 0.1) is 12.8 Å². The van der Waals surface area contributed by atoms with Crippen LogP contribution in [0, 0.1) is 5.92 Å². The van der Waals surface area contributed by atoms with Crippen molar-refractivity contribution in [2.45, 2.75) is 50.7 Å². The lowest BCUT2D eigenvalue weighted by molar-refractivity contribution is -0.139. The van der Waals surface area contributed by atoms with E-state index in [4.69, 9.17) is 4.74 Å². The van der Waals surface area contributed by atoms with E-state index in [1.165, 1.54) is 17.7 Å². The molecule has 1 aliphatic rings. The van der Waals surface area contributed by atoms with Gasteiger partial charge in [-0.05, 0) is 41.6 Å². The summed E-state index contributed by atoms with van der Waals surface area (Å²) in [5, 5.41) is 17.4. The predicted octanol–water partition coefficient (Wildman–Crippen LogP) is 8.02. The number of anilines is 1. The molecule has 0 aromatic heterocycles. The maximum atomic E-state index is 14.3. The number of aliphatic imine (C=N–C) groups is 1. The molecular weight excluding hydrogens is 705 g/mol. The maximum absolute atomic E-state index is 14.3. The van der Waals surface area contributed by atoms with Crippen molar-refractivity contribution < 1.29 is 31.8 Å². The van der Waals surface area contributed by atoms with E-state index in [0.29, 0.717) is 22.4 Å². The van der Waals surface area contributed by atoms with E-state index in [2.05, 4.69) is 27.8 Å². The molecule has 1 heterocycles. The van der Waals surface area contributed by atoms with E-state index in [9.17, 15) is 27.0 Å². The van der Waals surface area contributed by atoms with Crippen molar-refractivity contribution >= 4 is 35.3 Å². The number of rotatable bonds is 17. The Hall–Kier alpha value is -6.39. The minimum Gasteiger partial charge on any atom is -0.480 e. The van der Waals surface area contributed by atoms with Gasteiger partial charge in [0.2, 0.25) is 11.8 Å². The van der Waals surface area contributed by atoms with Crippen LogP contribution in [0.3, 0.4) is 0 Å². The third-order valence-corrected chi connectivity index (χ3v) is 9.53. The van der Waals surface area contributed by atoms with Gasteiger partial charge in [-0.2, -0.15) is 0 Å². The summed E-state index contributed by atoms with van der Waals surface area (Å²) in [5.74, 6) is -4.69. The van der Waals surface area contributed by atoms with Crippen LogP contribution >= 0.6 is 0 Å². The number of aliphatic carboxylic acids is 1. The van der Waals surface area contributed by atoms with Crippen LogP contribution in [0.2, 0.25) is 0 Å². The van der Waals surface area contributed by atoms with E-state index in [-0.39, 0.29) is 36.1 Å². The monoisotopic (exact) mass is 752 g/mol. The SMILES string of the molecule is [2H][C@H](C(=O)N1C(=O)OC[C@@H]1c1ccccc1)[C@H](c1ccccc1)[C@]([2H])(N=C(c1ccccc1)c1ccccc1NC(=O)C[C@@H](C)CCNCc1ccccc1)C(=O)O. The predicted molar refractivity (Wildman–Crippen MR) is 216 cm³/mol. The number of nitrogens with zero attached hydrogens (tertiary/aromatic N) is 2. The topological polar surface area (TPSA) is 137 Å². The zero-order valence-electron chi connectivity index (χ0n) is 33.1. The summed E-state index contributed by atoms with van der Waals surface area (Å²) in [6.07, 6.45) is -1.98. The summed E-state index contributed by atoms with van der Waals surface area (Å²) in [7, 11) is 0. The number of carbonyl (C=O) groups is 4. The number of imide groups is 1. The Labute approximate surface area is 330 Å². The average Bonchev–Trinajstić information content (AvgIpc) is 3.63.